The summed E-state index contributed by atoms with van der Waals surface area (Å²) in [6.07, 6.45) is -2.48. The first kappa shape index (κ1) is 16.7. The summed E-state index contributed by atoms with van der Waals surface area (Å²) in [5.74, 6) is 0.235. The molecule has 1 rings (SSSR count). The van der Waals surface area contributed by atoms with Crippen molar-refractivity contribution in [3.8, 4) is 0 Å². The van der Waals surface area contributed by atoms with Gasteiger partial charge in [-0.1, -0.05) is 13.0 Å². The number of ketones is 1. The summed E-state index contributed by atoms with van der Waals surface area (Å²) >= 11 is 0. The monoisotopic (exact) mass is 287 g/mol. The van der Waals surface area contributed by atoms with E-state index in [-0.39, 0.29) is 5.78 Å². The molecule has 2 N–H and O–H groups in total. The van der Waals surface area contributed by atoms with Gasteiger partial charge in [0.2, 0.25) is 0 Å². The lowest BCUT2D eigenvalue weighted by Crippen LogP contribution is -2.10. The number of aryl methyl sites for hydroxylation is 1. The van der Waals surface area contributed by atoms with E-state index in [0.29, 0.717) is 36.4 Å². The van der Waals surface area contributed by atoms with Crippen LogP contribution in [0.4, 0.5) is 13.2 Å². The van der Waals surface area contributed by atoms with E-state index in [9.17, 15) is 18.0 Å². The van der Waals surface area contributed by atoms with Gasteiger partial charge < -0.3 is 5.73 Å². The molecule has 0 saturated heterocycles. The van der Waals surface area contributed by atoms with Gasteiger partial charge in [-0.05, 0) is 49.9 Å². The molecule has 1 atom stereocenters. The van der Waals surface area contributed by atoms with Crippen molar-refractivity contribution in [3.63, 3.8) is 0 Å². The molecule has 0 aliphatic rings. The van der Waals surface area contributed by atoms with Gasteiger partial charge in [-0.15, -0.1) is 0 Å². The number of alkyl halides is 3. The van der Waals surface area contributed by atoms with Gasteiger partial charge in [0, 0.05) is 12.0 Å². The minimum absolute atomic E-state index is 0.111. The van der Waals surface area contributed by atoms with E-state index in [1.165, 1.54) is 13.0 Å². The third-order valence-corrected chi connectivity index (χ3v) is 3.38. The molecule has 0 aliphatic carbocycles. The number of carbonyl (C=O) groups excluding carboxylic acids is 1. The summed E-state index contributed by atoms with van der Waals surface area (Å²) in [6.45, 7) is 4.13. The molecular weight excluding hydrogens is 267 g/mol. The summed E-state index contributed by atoms with van der Waals surface area (Å²) < 4.78 is 37.6. The Labute approximate surface area is 117 Å². The van der Waals surface area contributed by atoms with Crippen molar-refractivity contribution in [1.82, 2.24) is 0 Å². The first-order valence-electron chi connectivity index (χ1n) is 6.66. The molecule has 0 amide bonds. The van der Waals surface area contributed by atoms with Crippen LogP contribution in [0.3, 0.4) is 0 Å². The lowest BCUT2D eigenvalue weighted by atomic mass is 9.95. The fraction of sp³-hybridized carbons (Fsp3) is 0.533. The van der Waals surface area contributed by atoms with Gasteiger partial charge in [0.25, 0.3) is 0 Å². The molecule has 1 aromatic carbocycles. The highest BCUT2D eigenvalue weighted by Gasteiger charge is 2.30. The SMILES string of the molecule is Cc1cc(C(F)(F)F)ccc1C(=O)CCC(C)CCN. The van der Waals surface area contributed by atoms with Crippen molar-refractivity contribution in [2.45, 2.75) is 39.3 Å². The van der Waals surface area contributed by atoms with Crippen LogP contribution >= 0.6 is 0 Å². The van der Waals surface area contributed by atoms with Gasteiger partial charge in [-0.2, -0.15) is 13.2 Å². The average Bonchev–Trinajstić information content (AvgIpc) is 2.35. The predicted molar refractivity (Wildman–Crippen MR) is 72.6 cm³/mol. The van der Waals surface area contributed by atoms with Crippen LogP contribution in [0, 0.1) is 12.8 Å². The van der Waals surface area contributed by atoms with E-state index >= 15 is 0 Å². The second kappa shape index (κ2) is 6.88. The van der Waals surface area contributed by atoms with Gasteiger partial charge in [0.15, 0.2) is 5.78 Å². The maximum absolute atomic E-state index is 12.5. The highest BCUT2D eigenvalue weighted by atomic mass is 19.4. The average molecular weight is 287 g/mol. The number of nitrogens with two attached hydrogens (primary N) is 1. The fourth-order valence-electron chi connectivity index (χ4n) is 2.09. The number of Topliss-reactive ketones (excluding diaryl/α,β-unsaturated/α-hetero) is 1. The second-order valence-electron chi connectivity index (χ2n) is 5.17. The van der Waals surface area contributed by atoms with Crippen molar-refractivity contribution < 1.29 is 18.0 Å². The minimum atomic E-state index is -4.37. The van der Waals surface area contributed by atoms with E-state index < -0.39 is 11.7 Å². The van der Waals surface area contributed by atoms with Gasteiger partial charge in [-0.25, -0.2) is 0 Å². The van der Waals surface area contributed by atoms with Crippen LogP contribution in [0.25, 0.3) is 0 Å². The van der Waals surface area contributed by atoms with Crippen LogP contribution in [0.2, 0.25) is 0 Å². The zero-order chi connectivity index (χ0) is 15.3. The molecule has 0 aromatic heterocycles. The Kier molecular flexibility index (Phi) is 5.74. The molecule has 0 fully saturated rings. The zero-order valence-corrected chi connectivity index (χ0v) is 11.8. The first-order chi connectivity index (χ1) is 9.25. The zero-order valence-electron chi connectivity index (χ0n) is 11.8. The molecule has 0 aliphatic heterocycles. The summed E-state index contributed by atoms with van der Waals surface area (Å²) in [7, 11) is 0. The molecule has 0 heterocycles. The van der Waals surface area contributed by atoms with Crippen LogP contribution in [0.15, 0.2) is 18.2 Å². The van der Waals surface area contributed by atoms with Gasteiger partial charge in [0.05, 0.1) is 5.56 Å². The van der Waals surface area contributed by atoms with Gasteiger partial charge in [-0.3, -0.25) is 4.79 Å². The molecule has 1 aromatic rings. The van der Waals surface area contributed by atoms with E-state index in [0.717, 1.165) is 18.6 Å². The number of carbonyl (C=O) groups is 1. The Morgan fingerprint density at radius 2 is 1.95 bits per heavy atom. The highest BCUT2D eigenvalue weighted by Crippen LogP contribution is 2.30. The molecule has 5 heteroatoms. The summed E-state index contributed by atoms with van der Waals surface area (Å²) in [6, 6.07) is 3.26. The molecule has 0 saturated carbocycles. The maximum Gasteiger partial charge on any atom is 0.416 e. The van der Waals surface area contributed by atoms with Crippen LogP contribution in [-0.4, -0.2) is 12.3 Å². The number of rotatable bonds is 6. The van der Waals surface area contributed by atoms with E-state index in [1.54, 1.807) is 0 Å². The molecule has 20 heavy (non-hydrogen) atoms. The Morgan fingerprint density at radius 3 is 2.45 bits per heavy atom. The Balaban J connectivity index is 2.75. The van der Waals surface area contributed by atoms with Crippen molar-refractivity contribution in [1.29, 1.82) is 0 Å². The van der Waals surface area contributed by atoms with Crippen LogP contribution in [0.1, 0.15) is 47.7 Å². The van der Waals surface area contributed by atoms with E-state index in [4.69, 9.17) is 5.73 Å². The number of hydrogen-bond donors (Lipinski definition) is 1. The molecule has 112 valence electrons. The normalized spacial score (nSPS) is 13.3. The van der Waals surface area contributed by atoms with E-state index in [1.807, 2.05) is 6.92 Å². The molecular formula is C15H20F3NO. The van der Waals surface area contributed by atoms with E-state index in [2.05, 4.69) is 0 Å². The lowest BCUT2D eigenvalue weighted by Gasteiger charge is -2.12. The van der Waals surface area contributed by atoms with Crippen LogP contribution in [-0.2, 0) is 6.18 Å². The Morgan fingerprint density at radius 1 is 1.30 bits per heavy atom. The minimum Gasteiger partial charge on any atom is -0.330 e. The quantitative estimate of drug-likeness (QED) is 0.805. The third kappa shape index (κ3) is 4.63. The third-order valence-electron chi connectivity index (χ3n) is 3.38. The fourth-order valence-corrected chi connectivity index (χ4v) is 2.09. The maximum atomic E-state index is 12.5. The molecule has 2 nitrogen and oxygen atoms in total. The standard InChI is InChI=1S/C15H20F3NO/c1-10(7-8-19)3-6-14(20)13-5-4-12(9-11(13)2)15(16,17)18/h4-5,9-10H,3,6-8,19H2,1-2H3. The molecule has 0 spiro atoms. The molecule has 0 radical (unpaired) electrons. The Hall–Kier alpha value is -1.36. The smallest absolute Gasteiger partial charge is 0.330 e. The first-order valence-corrected chi connectivity index (χ1v) is 6.66. The number of benzene rings is 1. The predicted octanol–water partition coefficient (Wildman–Crippen LogP) is 3.96. The lowest BCUT2D eigenvalue weighted by molar-refractivity contribution is -0.137. The number of hydrogen-bond acceptors (Lipinski definition) is 2. The van der Waals surface area contributed by atoms with Crippen LogP contribution < -0.4 is 5.73 Å². The highest BCUT2D eigenvalue weighted by molar-refractivity contribution is 5.97. The summed E-state index contributed by atoms with van der Waals surface area (Å²) in [5.41, 5.74) is 5.46. The van der Waals surface area contributed by atoms with Crippen molar-refractivity contribution >= 4 is 5.78 Å². The summed E-state index contributed by atoms with van der Waals surface area (Å²) in [5, 5.41) is 0. The van der Waals surface area contributed by atoms with Crippen molar-refractivity contribution in [2.24, 2.45) is 11.7 Å². The Bertz CT molecular complexity index is 469. The second-order valence-corrected chi connectivity index (χ2v) is 5.17. The molecule has 1 unspecified atom stereocenters. The van der Waals surface area contributed by atoms with Crippen molar-refractivity contribution in [2.75, 3.05) is 6.54 Å². The summed E-state index contributed by atoms with van der Waals surface area (Å²) in [4.78, 5) is 12.0. The van der Waals surface area contributed by atoms with Crippen molar-refractivity contribution in [3.05, 3.63) is 34.9 Å². The topological polar surface area (TPSA) is 43.1 Å². The van der Waals surface area contributed by atoms with Gasteiger partial charge >= 0.3 is 6.18 Å². The number of halogens is 3. The van der Waals surface area contributed by atoms with Crippen LogP contribution in [0.5, 0.6) is 0 Å². The largest absolute Gasteiger partial charge is 0.416 e. The molecule has 0 bridgehead atoms. The van der Waals surface area contributed by atoms with Gasteiger partial charge in [0.1, 0.15) is 0 Å².